The van der Waals surface area contributed by atoms with Crippen LogP contribution in [-0.4, -0.2) is 23.5 Å². The highest BCUT2D eigenvalue weighted by Crippen LogP contribution is 2.35. The standard InChI is InChI=1S/C19H14ClF6NO2/c20-13-2-1-11(15(21)7-13)9-29-16-6-12-8-27(18(28)19(24,25)26)4-3-10(12)5-14(16)17(22)23/h1-2,5-7,17H,3-4,8-9H2. The van der Waals surface area contributed by atoms with Crippen LogP contribution < -0.4 is 4.74 Å². The minimum absolute atomic E-state index is 0.00294. The molecular formula is C19H14ClF6NO2. The molecule has 10 heteroatoms. The predicted octanol–water partition coefficient (Wildman–Crippen LogP) is 5.44. The first kappa shape index (κ1) is 21.3. The van der Waals surface area contributed by atoms with Crippen molar-refractivity contribution in [1.29, 1.82) is 0 Å². The van der Waals surface area contributed by atoms with Crippen LogP contribution in [0, 0.1) is 5.82 Å². The van der Waals surface area contributed by atoms with Crippen LogP contribution in [-0.2, 0) is 24.4 Å². The summed E-state index contributed by atoms with van der Waals surface area (Å²) in [5.74, 6) is -2.96. The van der Waals surface area contributed by atoms with Gasteiger partial charge in [0.2, 0.25) is 0 Å². The monoisotopic (exact) mass is 437 g/mol. The number of nitrogens with zero attached hydrogens (tertiary/aromatic N) is 1. The second kappa shape index (κ2) is 8.14. The molecule has 1 aliphatic heterocycles. The Balaban J connectivity index is 1.86. The molecule has 2 aromatic carbocycles. The first-order valence-corrected chi connectivity index (χ1v) is 8.80. The number of alkyl halides is 5. The SMILES string of the molecule is O=C(N1CCc2cc(C(F)F)c(OCc3ccc(Cl)cc3F)cc2C1)C(F)(F)F. The molecule has 1 aliphatic rings. The Hall–Kier alpha value is -2.42. The molecule has 0 atom stereocenters. The lowest BCUT2D eigenvalue weighted by Gasteiger charge is -2.30. The Morgan fingerprint density at radius 2 is 1.90 bits per heavy atom. The molecule has 156 valence electrons. The molecule has 29 heavy (non-hydrogen) atoms. The maximum atomic E-state index is 13.9. The van der Waals surface area contributed by atoms with Crippen LogP contribution in [0.1, 0.15) is 28.7 Å². The van der Waals surface area contributed by atoms with Crippen LogP contribution in [0.25, 0.3) is 0 Å². The summed E-state index contributed by atoms with van der Waals surface area (Å²) < 4.78 is 84.1. The Kier molecular flexibility index (Phi) is 5.97. The summed E-state index contributed by atoms with van der Waals surface area (Å²) in [7, 11) is 0. The van der Waals surface area contributed by atoms with E-state index < -0.39 is 29.9 Å². The third kappa shape index (κ3) is 4.77. The van der Waals surface area contributed by atoms with Gasteiger partial charge in [-0.25, -0.2) is 13.2 Å². The van der Waals surface area contributed by atoms with E-state index in [-0.39, 0.29) is 48.0 Å². The lowest BCUT2D eigenvalue weighted by Crippen LogP contribution is -2.43. The van der Waals surface area contributed by atoms with Crippen LogP contribution >= 0.6 is 11.6 Å². The van der Waals surface area contributed by atoms with E-state index in [0.717, 1.165) is 12.1 Å². The highest BCUT2D eigenvalue weighted by molar-refractivity contribution is 6.30. The first-order chi connectivity index (χ1) is 13.6. The lowest BCUT2D eigenvalue weighted by molar-refractivity contribution is -0.186. The molecular weight excluding hydrogens is 424 g/mol. The third-order valence-corrected chi connectivity index (χ3v) is 4.74. The zero-order chi connectivity index (χ0) is 21.3. The Labute approximate surface area is 166 Å². The summed E-state index contributed by atoms with van der Waals surface area (Å²) in [5.41, 5.74) is 0.302. The number of hydrogen-bond acceptors (Lipinski definition) is 2. The number of fused-ring (bicyclic) bond motifs is 1. The number of benzene rings is 2. The normalized spacial score (nSPS) is 14.1. The Morgan fingerprint density at radius 3 is 2.52 bits per heavy atom. The molecule has 3 rings (SSSR count). The van der Waals surface area contributed by atoms with Crippen LogP contribution in [0.3, 0.4) is 0 Å². The molecule has 1 amide bonds. The van der Waals surface area contributed by atoms with Crippen molar-refractivity contribution in [3.05, 3.63) is 63.4 Å². The van der Waals surface area contributed by atoms with E-state index >= 15 is 0 Å². The fraction of sp³-hybridized carbons (Fsp3) is 0.316. The molecule has 2 aromatic rings. The smallest absolute Gasteiger partial charge is 0.471 e. The Bertz CT molecular complexity index is 932. The van der Waals surface area contributed by atoms with E-state index in [1.165, 1.54) is 18.2 Å². The summed E-state index contributed by atoms with van der Waals surface area (Å²) >= 11 is 5.66. The largest absolute Gasteiger partial charge is 0.488 e. The molecule has 0 saturated carbocycles. The van der Waals surface area contributed by atoms with Gasteiger partial charge in [0.25, 0.3) is 6.43 Å². The van der Waals surface area contributed by atoms with E-state index in [1.807, 2.05) is 0 Å². The van der Waals surface area contributed by atoms with Gasteiger partial charge in [-0.1, -0.05) is 17.7 Å². The molecule has 3 nitrogen and oxygen atoms in total. The topological polar surface area (TPSA) is 29.5 Å². The van der Waals surface area contributed by atoms with E-state index in [1.54, 1.807) is 0 Å². The third-order valence-electron chi connectivity index (χ3n) is 4.51. The molecule has 0 fully saturated rings. The van der Waals surface area contributed by atoms with Crippen LogP contribution in [0.4, 0.5) is 26.3 Å². The van der Waals surface area contributed by atoms with Gasteiger partial charge in [0.1, 0.15) is 18.2 Å². The van der Waals surface area contributed by atoms with Crippen molar-refractivity contribution in [2.75, 3.05) is 6.54 Å². The highest BCUT2D eigenvalue weighted by atomic mass is 35.5. The second-order valence-electron chi connectivity index (χ2n) is 6.46. The van der Waals surface area contributed by atoms with E-state index in [0.29, 0.717) is 10.5 Å². The van der Waals surface area contributed by atoms with Crippen molar-refractivity contribution >= 4 is 17.5 Å². The number of amides is 1. The number of carbonyl (C=O) groups is 1. The zero-order valence-corrected chi connectivity index (χ0v) is 15.5. The number of hydrogen-bond donors (Lipinski definition) is 0. The predicted molar refractivity (Wildman–Crippen MR) is 92.3 cm³/mol. The van der Waals surface area contributed by atoms with E-state index in [2.05, 4.69) is 0 Å². The minimum atomic E-state index is -5.02. The molecule has 0 N–H and O–H groups in total. The molecule has 0 aromatic heterocycles. The number of halogens is 7. The minimum Gasteiger partial charge on any atom is -0.488 e. The van der Waals surface area contributed by atoms with Gasteiger partial charge < -0.3 is 9.64 Å². The summed E-state index contributed by atoms with van der Waals surface area (Å²) in [6, 6.07) is 6.12. The Morgan fingerprint density at radius 1 is 1.17 bits per heavy atom. The maximum absolute atomic E-state index is 13.9. The quantitative estimate of drug-likeness (QED) is 0.596. The fourth-order valence-corrected chi connectivity index (χ4v) is 3.21. The number of ether oxygens (including phenoxy) is 1. The molecule has 0 bridgehead atoms. The fourth-order valence-electron chi connectivity index (χ4n) is 3.05. The van der Waals surface area contributed by atoms with Crippen molar-refractivity contribution in [2.45, 2.75) is 32.2 Å². The molecule has 0 unspecified atom stereocenters. The van der Waals surface area contributed by atoms with Crippen molar-refractivity contribution in [3.8, 4) is 5.75 Å². The van der Waals surface area contributed by atoms with Gasteiger partial charge in [0.05, 0.1) is 5.56 Å². The van der Waals surface area contributed by atoms with Gasteiger partial charge in [-0.2, -0.15) is 13.2 Å². The van der Waals surface area contributed by atoms with Gasteiger partial charge in [-0.05, 0) is 41.8 Å². The molecule has 1 heterocycles. The molecule has 0 spiro atoms. The van der Waals surface area contributed by atoms with Crippen molar-refractivity contribution in [2.24, 2.45) is 0 Å². The second-order valence-corrected chi connectivity index (χ2v) is 6.89. The van der Waals surface area contributed by atoms with Crippen LogP contribution in [0.2, 0.25) is 5.02 Å². The van der Waals surface area contributed by atoms with Crippen LogP contribution in [0.5, 0.6) is 5.75 Å². The molecule has 0 radical (unpaired) electrons. The van der Waals surface area contributed by atoms with Crippen molar-refractivity contribution in [3.63, 3.8) is 0 Å². The number of carbonyl (C=O) groups excluding carboxylic acids is 1. The maximum Gasteiger partial charge on any atom is 0.471 e. The summed E-state index contributed by atoms with van der Waals surface area (Å²) in [6.45, 7) is -1.00. The zero-order valence-electron chi connectivity index (χ0n) is 14.7. The van der Waals surface area contributed by atoms with Gasteiger partial charge in [0.15, 0.2) is 0 Å². The van der Waals surface area contributed by atoms with Gasteiger partial charge in [-0.15, -0.1) is 0 Å². The average molecular weight is 438 g/mol. The van der Waals surface area contributed by atoms with Crippen LogP contribution in [0.15, 0.2) is 30.3 Å². The van der Waals surface area contributed by atoms with Gasteiger partial charge in [0, 0.05) is 23.7 Å². The number of rotatable bonds is 4. The summed E-state index contributed by atoms with van der Waals surface area (Å²) in [4.78, 5) is 12.1. The highest BCUT2D eigenvalue weighted by Gasteiger charge is 2.43. The van der Waals surface area contributed by atoms with Crippen molar-refractivity contribution < 1.29 is 35.9 Å². The van der Waals surface area contributed by atoms with Gasteiger partial charge >= 0.3 is 12.1 Å². The summed E-state index contributed by atoms with van der Waals surface area (Å²) in [5, 5.41) is 0.155. The lowest BCUT2D eigenvalue weighted by atomic mass is 9.96. The van der Waals surface area contributed by atoms with Crippen molar-refractivity contribution in [1.82, 2.24) is 4.90 Å². The molecule has 0 aliphatic carbocycles. The van der Waals surface area contributed by atoms with E-state index in [9.17, 15) is 31.1 Å². The van der Waals surface area contributed by atoms with Gasteiger partial charge in [-0.3, -0.25) is 4.79 Å². The summed E-state index contributed by atoms with van der Waals surface area (Å²) in [6.07, 6.45) is -7.92. The van der Waals surface area contributed by atoms with E-state index in [4.69, 9.17) is 16.3 Å². The average Bonchev–Trinajstić information content (AvgIpc) is 2.64. The first-order valence-electron chi connectivity index (χ1n) is 8.43. The molecule has 0 saturated heterocycles.